The van der Waals surface area contributed by atoms with Gasteiger partial charge >= 0.3 is 0 Å². The van der Waals surface area contributed by atoms with Gasteiger partial charge in [-0.1, -0.05) is 12.1 Å². The van der Waals surface area contributed by atoms with Crippen molar-refractivity contribution >= 4 is 11.6 Å². The zero-order valence-electron chi connectivity index (χ0n) is 13.3. The Morgan fingerprint density at radius 3 is 2.56 bits per heavy atom. The molecule has 0 saturated heterocycles. The summed E-state index contributed by atoms with van der Waals surface area (Å²) in [5.74, 6) is -1.26. The number of nitrogens with zero attached hydrogens (tertiary/aromatic N) is 2. The number of hydrogen-bond acceptors (Lipinski definition) is 2. The number of carbonyl (C=O) groups excluding carboxylic acids is 1. The Hall–Kier alpha value is -3.02. The van der Waals surface area contributed by atoms with Gasteiger partial charge in [0.2, 0.25) is 0 Å². The van der Waals surface area contributed by atoms with E-state index in [-0.39, 0.29) is 11.5 Å². The molecule has 0 bridgehead atoms. The van der Waals surface area contributed by atoms with Crippen LogP contribution in [0.1, 0.15) is 28.2 Å². The van der Waals surface area contributed by atoms with Crippen LogP contribution < -0.4 is 5.32 Å². The maximum atomic E-state index is 13.8. The van der Waals surface area contributed by atoms with Crippen molar-refractivity contribution in [1.29, 1.82) is 0 Å². The molecular formula is C19H15F2N3O. The minimum atomic E-state index is -0.495. The molecule has 1 heterocycles. The number of nitrogens with one attached hydrogen (secondary N) is 1. The fourth-order valence-electron chi connectivity index (χ4n) is 3.16. The number of fused-ring (bicyclic) bond motifs is 1. The van der Waals surface area contributed by atoms with E-state index in [0.29, 0.717) is 11.4 Å². The summed E-state index contributed by atoms with van der Waals surface area (Å²) in [5.41, 5.74) is 2.93. The molecule has 1 aliphatic rings. The van der Waals surface area contributed by atoms with Crippen molar-refractivity contribution in [2.24, 2.45) is 0 Å². The Balaban J connectivity index is 1.71. The smallest absolute Gasteiger partial charge is 0.276 e. The van der Waals surface area contributed by atoms with Gasteiger partial charge in [-0.15, -0.1) is 0 Å². The normalized spacial score (nSPS) is 12.9. The molecule has 25 heavy (non-hydrogen) atoms. The summed E-state index contributed by atoms with van der Waals surface area (Å²) in [6.45, 7) is 0. The monoisotopic (exact) mass is 339 g/mol. The molecule has 0 unspecified atom stereocenters. The van der Waals surface area contributed by atoms with Gasteiger partial charge in [0.1, 0.15) is 11.6 Å². The predicted molar refractivity (Wildman–Crippen MR) is 89.9 cm³/mol. The summed E-state index contributed by atoms with van der Waals surface area (Å²) in [4.78, 5) is 12.6. The predicted octanol–water partition coefficient (Wildman–Crippen LogP) is 3.89. The van der Waals surface area contributed by atoms with E-state index >= 15 is 0 Å². The van der Waals surface area contributed by atoms with E-state index in [1.807, 2.05) is 0 Å². The fraction of sp³-hybridized carbons (Fsp3) is 0.158. The van der Waals surface area contributed by atoms with E-state index in [2.05, 4.69) is 10.4 Å². The summed E-state index contributed by atoms with van der Waals surface area (Å²) in [6.07, 6.45) is 2.47. The van der Waals surface area contributed by atoms with E-state index in [9.17, 15) is 13.6 Å². The van der Waals surface area contributed by atoms with E-state index in [1.54, 1.807) is 28.9 Å². The van der Waals surface area contributed by atoms with Gasteiger partial charge in [-0.25, -0.2) is 13.5 Å². The molecule has 4 nitrogen and oxygen atoms in total. The first-order valence-corrected chi connectivity index (χ1v) is 8.06. The van der Waals surface area contributed by atoms with E-state index in [0.717, 1.165) is 30.5 Å². The molecule has 1 aliphatic carbocycles. The summed E-state index contributed by atoms with van der Waals surface area (Å²) in [5, 5.41) is 7.00. The SMILES string of the molecule is O=C(Nc1ccccc1F)c1nn(-c2ccc(F)cc2)c2c1CCC2. The molecule has 1 amide bonds. The molecule has 1 N–H and O–H groups in total. The highest BCUT2D eigenvalue weighted by atomic mass is 19.1. The van der Waals surface area contributed by atoms with Crippen molar-refractivity contribution < 1.29 is 13.6 Å². The van der Waals surface area contributed by atoms with Crippen LogP contribution in [-0.2, 0) is 12.8 Å². The summed E-state index contributed by atoms with van der Waals surface area (Å²) >= 11 is 0. The van der Waals surface area contributed by atoms with Gasteiger partial charge < -0.3 is 5.32 Å². The molecule has 0 radical (unpaired) electrons. The largest absolute Gasteiger partial charge is 0.318 e. The number of amides is 1. The Morgan fingerprint density at radius 2 is 1.80 bits per heavy atom. The van der Waals surface area contributed by atoms with Crippen molar-refractivity contribution in [3.05, 3.63) is 77.1 Å². The fourth-order valence-corrected chi connectivity index (χ4v) is 3.16. The third-order valence-electron chi connectivity index (χ3n) is 4.34. The molecule has 3 aromatic rings. The lowest BCUT2D eigenvalue weighted by molar-refractivity contribution is 0.102. The molecule has 4 rings (SSSR count). The first-order valence-electron chi connectivity index (χ1n) is 8.06. The number of anilines is 1. The summed E-state index contributed by atoms with van der Waals surface area (Å²) < 4.78 is 28.6. The Labute approximate surface area is 143 Å². The second-order valence-corrected chi connectivity index (χ2v) is 5.95. The van der Waals surface area contributed by atoms with Crippen LogP contribution in [0.25, 0.3) is 5.69 Å². The summed E-state index contributed by atoms with van der Waals surface area (Å²) in [7, 11) is 0. The van der Waals surface area contributed by atoms with Crippen LogP contribution in [0.5, 0.6) is 0 Å². The molecule has 126 valence electrons. The molecular weight excluding hydrogens is 324 g/mol. The lowest BCUT2D eigenvalue weighted by Crippen LogP contribution is -2.15. The highest BCUT2D eigenvalue weighted by Crippen LogP contribution is 2.28. The van der Waals surface area contributed by atoms with Crippen LogP contribution in [0.2, 0.25) is 0 Å². The highest BCUT2D eigenvalue weighted by molar-refractivity contribution is 6.04. The average Bonchev–Trinajstić information content (AvgIpc) is 3.20. The lowest BCUT2D eigenvalue weighted by Gasteiger charge is -2.06. The number of para-hydroxylation sites is 1. The molecule has 0 aliphatic heterocycles. The van der Waals surface area contributed by atoms with Gasteiger partial charge in [-0.3, -0.25) is 4.79 Å². The van der Waals surface area contributed by atoms with Crippen LogP contribution in [-0.4, -0.2) is 15.7 Å². The number of carbonyl (C=O) groups is 1. The molecule has 0 fully saturated rings. The van der Waals surface area contributed by atoms with Gasteiger partial charge in [0.15, 0.2) is 5.69 Å². The third-order valence-corrected chi connectivity index (χ3v) is 4.34. The van der Waals surface area contributed by atoms with E-state index < -0.39 is 11.7 Å². The van der Waals surface area contributed by atoms with Crippen molar-refractivity contribution in [3.8, 4) is 5.69 Å². The van der Waals surface area contributed by atoms with Gasteiger partial charge in [0.25, 0.3) is 5.91 Å². The van der Waals surface area contributed by atoms with Crippen molar-refractivity contribution in [3.63, 3.8) is 0 Å². The van der Waals surface area contributed by atoms with E-state index in [4.69, 9.17) is 0 Å². The topological polar surface area (TPSA) is 46.9 Å². The van der Waals surface area contributed by atoms with Crippen molar-refractivity contribution in [1.82, 2.24) is 9.78 Å². The molecule has 2 aromatic carbocycles. The minimum absolute atomic E-state index is 0.121. The maximum absolute atomic E-state index is 13.8. The van der Waals surface area contributed by atoms with Gasteiger partial charge in [0, 0.05) is 11.3 Å². The molecule has 6 heteroatoms. The molecule has 0 saturated carbocycles. The van der Waals surface area contributed by atoms with Crippen LogP contribution in [0.4, 0.5) is 14.5 Å². The molecule has 1 aromatic heterocycles. The Kier molecular flexibility index (Phi) is 3.80. The minimum Gasteiger partial charge on any atom is -0.318 e. The van der Waals surface area contributed by atoms with Gasteiger partial charge in [-0.05, 0) is 55.7 Å². The standard InChI is InChI=1S/C19H15F2N3O/c20-12-8-10-13(11-9-12)24-17-7-3-4-14(17)18(23-24)19(25)22-16-6-2-1-5-15(16)21/h1-2,5-6,8-11H,3-4,7H2,(H,22,25). The first kappa shape index (κ1) is 15.5. The number of halogens is 2. The molecule has 0 spiro atoms. The Bertz CT molecular complexity index is 948. The lowest BCUT2D eigenvalue weighted by atomic mass is 10.2. The second kappa shape index (κ2) is 6.12. The second-order valence-electron chi connectivity index (χ2n) is 5.95. The number of benzene rings is 2. The zero-order valence-corrected chi connectivity index (χ0v) is 13.3. The summed E-state index contributed by atoms with van der Waals surface area (Å²) in [6, 6.07) is 12.0. The van der Waals surface area contributed by atoms with Gasteiger partial charge in [0.05, 0.1) is 11.4 Å². The first-order chi connectivity index (χ1) is 12.1. The van der Waals surface area contributed by atoms with Crippen molar-refractivity contribution in [2.75, 3.05) is 5.32 Å². The van der Waals surface area contributed by atoms with Gasteiger partial charge in [-0.2, -0.15) is 5.10 Å². The van der Waals surface area contributed by atoms with Crippen molar-refractivity contribution in [2.45, 2.75) is 19.3 Å². The highest BCUT2D eigenvalue weighted by Gasteiger charge is 2.27. The number of rotatable bonds is 3. The van der Waals surface area contributed by atoms with Crippen LogP contribution in [0.3, 0.4) is 0 Å². The quantitative estimate of drug-likeness (QED) is 0.787. The van der Waals surface area contributed by atoms with Crippen LogP contribution in [0, 0.1) is 11.6 Å². The average molecular weight is 339 g/mol. The van der Waals surface area contributed by atoms with E-state index in [1.165, 1.54) is 24.3 Å². The number of hydrogen-bond donors (Lipinski definition) is 1. The van der Waals surface area contributed by atoms with Crippen LogP contribution >= 0.6 is 0 Å². The van der Waals surface area contributed by atoms with Crippen LogP contribution in [0.15, 0.2) is 48.5 Å². The molecule has 0 atom stereocenters. The zero-order chi connectivity index (χ0) is 17.4. The maximum Gasteiger partial charge on any atom is 0.276 e. The Morgan fingerprint density at radius 1 is 1.04 bits per heavy atom. The third kappa shape index (κ3) is 2.80. The number of aromatic nitrogens is 2.